The number of hydrogen-bond acceptors (Lipinski definition) is 4. The van der Waals surface area contributed by atoms with Gasteiger partial charge in [0.1, 0.15) is 4.90 Å². The van der Waals surface area contributed by atoms with Crippen LogP contribution < -0.4 is 4.74 Å². The third-order valence-electron chi connectivity index (χ3n) is 1.29. The topological polar surface area (TPSA) is 56.3 Å². The van der Waals surface area contributed by atoms with Gasteiger partial charge in [-0.25, -0.2) is 13.4 Å². The van der Waals surface area contributed by atoms with Crippen LogP contribution >= 0.6 is 22.3 Å². The summed E-state index contributed by atoms with van der Waals surface area (Å²) in [5, 5.41) is -0.0378. The van der Waals surface area contributed by atoms with Gasteiger partial charge < -0.3 is 4.74 Å². The molecule has 0 fully saturated rings. The van der Waals surface area contributed by atoms with Crippen LogP contribution in [0.15, 0.2) is 17.2 Å². The first-order valence-electron chi connectivity index (χ1n) is 3.10. The maximum Gasteiger partial charge on any atom is 0.265 e. The second kappa shape index (κ2) is 3.69. The Bertz CT molecular complexity index is 418. The normalized spacial score (nSPS) is 11.3. The minimum absolute atomic E-state index is 0.0378. The molecule has 1 aromatic heterocycles. The van der Waals surface area contributed by atoms with E-state index in [-0.39, 0.29) is 15.8 Å². The lowest BCUT2D eigenvalue weighted by Gasteiger charge is -2.05. The molecule has 0 aliphatic rings. The summed E-state index contributed by atoms with van der Waals surface area (Å²) < 4.78 is 26.7. The molecular formula is C6H5Cl2NO3S. The number of methoxy groups -OCH3 is 1. The number of pyridine rings is 1. The van der Waals surface area contributed by atoms with Crippen LogP contribution in [0.25, 0.3) is 0 Å². The van der Waals surface area contributed by atoms with Crippen LogP contribution in [0, 0.1) is 0 Å². The second-order valence-electron chi connectivity index (χ2n) is 2.07. The lowest BCUT2D eigenvalue weighted by molar-refractivity contribution is 0.401. The molecule has 0 saturated heterocycles. The minimum atomic E-state index is -3.85. The Labute approximate surface area is 84.9 Å². The van der Waals surface area contributed by atoms with Crippen molar-refractivity contribution in [2.24, 2.45) is 0 Å². The monoisotopic (exact) mass is 241 g/mol. The average Bonchev–Trinajstić information content (AvgIpc) is 2.02. The molecule has 1 rings (SSSR count). The quantitative estimate of drug-likeness (QED) is 0.584. The molecule has 1 heterocycles. The molecule has 0 N–H and O–H groups in total. The summed E-state index contributed by atoms with van der Waals surface area (Å²) in [6, 6.07) is 1.22. The van der Waals surface area contributed by atoms with Crippen molar-refractivity contribution in [3.63, 3.8) is 0 Å². The summed E-state index contributed by atoms with van der Waals surface area (Å²) in [6.45, 7) is 0. The molecule has 0 aliphatic carbocycles. The molecule has 0 radical (unpaired) electrons. The van der Waals surface area contributed by atoms with Gasteiger partial charge in [-0.2, -0.15) is 0 Å². The molecule has 0 bridgehead atoms. The van der Waals surface area contributed by atoms with Gasteiger partial charge in [0.2, 0.25) is 0 Å². The molecule has 0 amide bonds. The smallest absolute Gasteiger partial charge is 0.265 e. The van der Waals surface area contributed by atoms with E-state index >= 15 is 0 Å². The fourth-order valence-corrected chi connectivity index (χ4v) is 2.06. The first-order chi connectivity index (χ1) is 5.96. The van der Waals surface area contributed by atoms with Gasteiger partial charge in [-0.05, 0) is 6.07 Å². The molecule has 0 aromatic carbocycles. The SMILES string of the molecule is COc1c(S(=O)(=O)Cl)ccnc1Cl. The maximum absolute atomic E-state index is 11.0. The van der Waals surface area contributed by atoms with E-state index in [2.05, 4.69) is 4.98 Å². The molecule has 0 spiro atoms. The van der Waals surface area contributed by atoms with Gasteiger partial charge in [0, 0.05) is 16.9 Å². The molecule has 0 saturated carbocycles. The summed E-state index contributed by atoms with van der Waals surface area (Å²) in [4.78, 5) is 3.46. The summed E-state index contributed by atoms with van der Waals surface area (Å²) in [6.07, 6.45) is 1.24. The fraction of sp³-hybridized carbons (Fsp3) is 0.167. The van der Waals surface area contributed by atoms with Crippen molar-refractivity contribution in [2.45, 2.75) is 4.90 Å². The second-order valence-corrected chi connectivity index (χ2v) is 4.96. The van der Waals surface area contributed by atoms with Crippen LogP contribution in [0.2, 0.25) is 5.15 Å². The number of nitrogens with zero attached hydrogens (tertiary/aromatic N) is 1. The zero-order valence-electron chi connectivity index (χ0n) is 6.49. The number of halogens is 2. The van der Waals surface area contributed by atoms with E-state index in [1.165, 1.54) is 19.4 Å². The predicted octanol–water partition coefficient (Wildman–Crippen LogP) is 1.67. The van der Waals surface area contributed by atoms with Gasteiger partial charge in [-0.15, -0.1) is 0 Å². The highest BCUT2D eigenvalue weighted by molar-refractivity contribution is 8.13. The summed E-state index contributed by atoms with van der Waals surface area (Å²) in [7, 11) is 2.56. The maximum atomic E-state index is 11.0. The van der Waals surface area contributed by atoms with Gasteiger partial charge >= 0.3 is 0 Å². The predicted molar refractivity (Wildman–Crippen MR) is 48.8 cm³/mol. The van der Waals surface area contributed by atoms with Crippen LogP contribution in [-0.2, 0) is 9.05 Å². The highest BCUT2D eigenvalue weighted by atomic mass is 35.7. The molecule has 1 aromatic rings. The highest BCUT2D eigenvalue weighted by Crippen LogP contribution is 2.31. The highest BCUT2D eigenvalue weighted by Gasteiger charge is 2.19. The van der Waals surface area contributed by atoms with Crippen LogP contribution in [0.1, 0.15) is 0 Å². The lowest BCUT2D eigenvalue weighted by Crippen LogP contribution is -1.97. The molecular weight excluding hydrogens is 237 g/mol. The van der Waals surface area contributed by atoms with Crippen molar-refractivity contribution in [1.82, 2.24) is 4.98 Å². The Hall–Kier alpha value is -0.520. The Balaban J connectivity index is 3.47. The van der Waals surface area contributed by atoms with E-state index in [9.17, 15) is 8.42 Å². The molecule has 13 heavy (non-hydrogen) atoms. The van der Waals surface area contributed by atoms with E-state index in [0.29, 0.717) is 0 Å². The molecule has 0 unspecified atom stereocenters. The van der Waals surface area contributed by atoms with E-state index in [1.54, 1.807) is 0 Å². The van der Waals surface area contributed by atoms with Crippen LogP contribution in [0.5, 0.6) is 5.75 Å². The van der Waals surface area contributed by atoms with Gasteiger partial charge in [0.25, 0.3) is 9.05 Å². The van der Waals surface area contributed by atoms with Crippen molar-refractivity contribution in [1.29, 1.82) is 0 Å². The Morgan fingerprint density at radius 1 is 1.54 bits per heavy atom. The van der Waals surface area contributed by atoms with Crippen molar-refractivity contribution in [3.8, 4) is 5.75 Å². The molecule has 4 nitrogen and oxygen atoms in total. The third-order valence-corrected chi connectivity index (χ3v) is 2.91. The van der Waals surface area contributed by atoms with Crippen LogP contribution in [0.4, 0.5) is 0 Å². The molecule has 72 valence electrons. The zero-order valence-corrected chi connectivity index (χ0v) is 8.82. The van der Waals surface area contributed by atoms with Gasteiger partial charge in [-0.3, -0.25) is 0 Å². The van der Waals surface area contributed by atoms with Gasteiger partial charge in [0.15, 0.2) is 10.9 Å². The van der Waals surface area contributed by atoms with E-state index < -0.39 is 9.05 Å². The van der Waals surface area contributed by atoms with E-state index in [0.717, 1.165) is 0 Å². The Morgan fingerprint density at radius 2 is 2.15 bits per heavy atom. The molecule has 0 atom stereocenters. The Morgan fingerprint density at radius 3 is 2.54 bits per heavy atom. The standard InChI is InChI=1S/C6H5Cl2NO3S/c1-12-5-4(13(8,10)11)2-3-9-6(5)7/h2-3H,1H3. The van der Waals surface area contributed by atoms with E-state index in [1.807, 2.05) is 0 Å². The Kier molecular flexibility index (Phi) is 3.00. The molecule has 7 heteroatoms. The molecule has 0 aliphatic heterocycles. The van der Waals surface area contributed by atoms with Crippen LogP contribution in [0.3, 0.4) is 0 Å². The summed E-state index contributed by atoms with van der Waals surface area (Å²) in [5.41, 5.74) is 0. The third kappa shape index (κ3) is 2.24. The number of aromatic nitrogens is 1. The number of hydrogen-bond donors (Lipinski definition) is 0. The van der Waals surface area contributed by atoms with Crippen molar-refractivity contribution >= 4 is 31.3 Å². The fourth-order valence-electron chi connectivity index (χ4n) is 0.783. The van der Waals surface area contributed by atoms with Crippen LogP contribution in [-0.4, -0.2) is 20.5 Å². The summed E-state index contributed by atoms with van der Waals surface area (Å²) >= 11 is 5.58. The van der Waals surface area contributed by atoms with Gasteiger partial charge in [-0.1, -0.05) is 11.6 Å². The van der Waals surface area contributed by atoms with E-state index in [4.69, 9.17) is 27.0 Å². The van der Waals surface area contributed by atoms with Gasteiger partial charge in [0.05, 0.1) is 7.11 Å². The number of rotatable bonds is 2. The number of ether oxygens (including phenoxy) is 1. The van der Waals surface area contributed by atoms with Crippen molar-refractivity contribution in [3.05, 3.63) is 17.4 Å². The summed E-state index contributed by atoms with van der Waals surface area (Å²) in [5.74, 6) is -0.0424. The van der Waals surface area contributed by atoms with Crippen molar-refractivity contribution < 1.29 is 13.2 Å². The first kappa shape index (κ1) is 10.6. The largest absolute Gasteiger partial charge is 0.492 e. The van der Waals surface area contributed by atoms with Crippen molar-refractivity contribution in [2.75, 3.05) is 7.11 Å². The zero-order chi connectivity index (χ0) is 10.1. The average molecular weight is 242 g/mol. The lowest BCUT2D eigenvalue weighted by atomic mass is 10.4. The minimum Gasteiger partial charge on any atom is -0.492 e. The first-order valence-corrected chi connectivity index (χ1v) is 5.78.